The Hall–Kier alpha value is -3.73. The van der Waals surface area contributed by atoms with Crippen molar-refractivity contribution >= 4 is 29.6 Å². The van der Waals surface area contributed by atoms with Crippen molar-refractivity contribution in [1.29, 1.82) is 0 Å². The molecule has 272 valence electrons. The van der Waals surface area contributed by atoms with Gasteiger partial charge in [0, 0.05) is 40.6 Å². The number of ether oxygens (including phenoxy) is 2. The first-order valence-electron chi connectivity index (χ1n) is 17.8. The van der Waals surface area contributed by atoms with Gasteiger partial charge in [0.1, 0.15) is 24.2 Å². The maximum atomic E-state index is 14.2. The summed E-state index contributed by atoms with van der Waals surface area (Å²) in [6.07, 6.45) is 6.95. The number of hydrogen-bond acceptors (Lipinski definition) is 7. The third kappa shape index (κ3) is 12.3. The van der Waals surface area contributed by atoms with Crippen LogP contribution in [0.5, 0.6) is 0 Å². The van der Waals surface area contributed by atoms with E-state index in [9.17, 15) is 24.0 Å². The van der Waals surface area contributed by atoms with Crippen LogP contribution in [0.3, 0.4) is 0 Å². The molecule has 1 aromatic rings. The van der Waals surface area contributed by atoms with E-state index in [0.717, 1.165) is 24.0 Å². The van der Waals surface area contributed by atoms with Crippen molar-refractivity contribution in [2.75, 3.05) is 34.3 Å². The lowest BCUT2D eigenvalue weighted by Crippen LogP contribution is -2.55. The molecule has 2 heterocycles. The van der Waals surface area contributed by atoms with Gasteiger partial charge in [-0.15, -0.1) is 0 Å². The number of nitrogens with one attached hydrogen (secondary N) is 1. The number of carbonyl (C=O) groups is 5. The number of fused-ring (bicyclic) bond motifs is 1. The molecule has 1 saturated heterocycles. The van der Waals surface area contributed by atoms with Gasteiger partial charge >= 0.3 is 5.97 Å². The number of benzene rings is 1. The summed E-state index contributed by atoms with van der Waals surface area (Å²) in [7, 11) is 4.79. The van der Waals surface area contributed by atoms with Crippen LogP contribution < -0.4 is 5.32 Å². The average molecular weight is 683 g/mol. The predicted octanol–water partition coefficient (Wildman–Crippen LogP) is 4.28. The second-order valence-electron chi connectivity index (χ2n) is 14.2. The number of rotatable bonds is 9. The molecule has 5 atom stereocenters. The van der Waals surface area contributed by atoms with E-state index in [2.05, 4.69) is 5.32 Å². The van der Waals surface area contributed by atoms with Gasteiger partial charge in [-0.3, -0.25) is 19.2 Å². The molecule has 1 N–H and O–H groups in total. The Kier molecular flexibility index (Phi) is 15.8. The number of methoxy groups -OCH3 is 1. The Morgan fingerprint density at radius 1 is 1.00 bits per heavy atom. The van der Waals surface area contributed by atoms with E-state index in [-0.39, 0.29) is 49.3 Å². The van der Waals surface area contributed by atoms with Gasteiger partial charge in [0.2, 0.25) is 23.6 Å². The number of cyclic esters (lactones) is 1. The lowest BCUT2D eigenvalue weighted by atomic mass is 10.0. The van der Waals surface area contributed by atoms with Gasteiger partial charge in [0.05, 0.1) is 12.6 Å². The second kappa shape index (κ2) is 19.5. The zero-order chi connectivity index (χ0) is 36.1. The minimum atomic E-state index is -0.881. The first-order chi connectivity index (χ1) is 23.3. The fourth-order valence-electron chi connectivity index (χ4n) is 6.49. The third-order valence-corrected chi connectivity index (χ3v) is 9.63. The van der Waals surface area contributed by atoms with Crippen LogP contribution in [0.2, 0.25) is 0 Å². The van der Waals surface area contributed by atoms with Crippen molar-refractivity contribution in [1.82, 2.24) is 20.0 Å². The average Bonchev–Trinajstić information content (AvgIpc) is 3.57. The number of amides is 4. The van der Waals surface area contributed by atoms with Crippen LogP contribution in [0.25, 0.3) is 0 Å². The minimum absolute atomic E-state index is 0.0845. The number of esters is 1. The van der Waals surface area contributed by atoms with E-state index < -0.39 is 35.9 Å². The first-order valence-corrected chi connectivity index (χ1v) is 17.8. The minimum Gasteiger partial charge on any atom is -0.461 e. The lowest BCUT2D eigenvalue weighted by molar-refractivity contribution is -0.160. The molecule has 0 saturated carbocycles. The van der Waals surface area contributed by atoms with E-state index in [0.29, 0.717) is 45.1 Å². The van der Waals surface area contributed by atoms with Crippen LogP contribution in [-0.2, 0) is 39.9 Å². The van der Waals surface area contributed by atoms with E-state index in [1.807, 2.05) is 64.1 Å². The van der Waals surface area contributed by atoms with Crippen molar-refractivity contribution in [2.45, 2.75) is 122 Å². The van der Waals surface area contributed by atoms with Gasteiger partial charge in [0.15, 0.2) is 0 Å². The second-order valence-corrected chi connectivity index (χ2v) is 14.2. The van der Waals surface area contributed by atoms with Crippen molar-refractivity contribution < 1.29 is 33.4 Å². The van der Waals surface area contributed by atoms with Crippen LogP contribution in [0.4, 0.5) is 0 Å². The van der Waals surface area contributed by atoms with Crippen LogP contribution in [0, 0.1) is 5.92 Å². The standard InChI is InChI=1S/C38H58N4O7/c1-26(2)23-33-37(46)42-22-12-17-32(42)38(47)49-30(16-11-13-28(4)48-7)20-18-27(3)19-21-34(43)39-31(24-29-14-9-8-10-15-29)36(45)40(5)25-35(44)41(33)6/h8-10,14-15,19,26,28,30-33H,11-13,16-18,20-25H2,1-7H3,(H,39,43)/b27-19+/t28-,30?,31+,32+,33+/m1/s1. The molecule has 2 aliphatic rings. The zero-order valence-electron chi connectivity index (χ0n) is 30.6. The summed E-state index contributed by atoms with van der Waals surface area (Å²) in [6, 6.07) is 7.02. The summed E-state index contributed by atoms with van der Waals surface area (Å²) in [4.78, 5) is 72.8. The first kappa shape index (κ1) is 39.7. The maximum absolute atomic E-state index is 14.2. The Morgan fingerprint density at radius 3 is 2.39 bits per heavy atom. The third-order valence-electron chi connectivity index (χ3n) is 9.63. The smallest absolute Gasteiger partial charge is 0.329 e. The molecule has 49 heavy (non-hydrogen) atoms. The summed E-state index contributed by atoms with van der Waals surface area (Å²) in [5.41, 5.74) is 1.85. The van der Waals surface area contributed by atoms with E-state index in [4.69, 9.17) is 9.47 Å². The maximum Gasteiger partial charge on any atom is 0.329 e. The highest BCUT2D eigenvalue weighted by Gasteiger charge is 2.41. The zero-order valence-corrected chi connectivity index (χ0v) is 30.6. The molecule has 0 aliphatic carbocycles. The Bertz CT molecular complexity index is 1300. The number of likely N-dealkylation sites (N-methyl/N-ethyl adjacent to an activating group) is 2. The van der Waals surface area contributed by atoms with Crippen LogP contribution >= 0.6 is 0 Å². The molecule has 4 amide bonds. The molecule has 0 aromatic heterocycles. The van der Waals surface area contributed by atoms with Gasteiger partial charge in [-0.2, -0.15) is 0 Å². The van der Waals surface area contributed by atoms with E-state index in [1.54, 1.807) is 19.1 Å². The molecule has 1 aromatic carbocycles. The molecule has 2 aliphatic heterocycles. The highest BCUT2D eigenvalue weighted by atomic mass is 16.5. The SMILES string of the molecule is CO[C@H](C)CCCC1CC/C(C)=C/CC(=O)N[C@@H](Cc2ccccc2)C(=O)N(C)CC(=O)N(C)[C@@H](CC(C)C)C(=O)N2CCC[C@H]2C(=O)O1. The molecule has 0 spiro atoms. The number of carbonyl (C=O) groups excluding carboxylic acids is 5. The summed E-state index contributed by atoms with van der Waals surface area (Å²) in [5.74, 6) is -1.72. The molecular weight excluding hydrogens is 624 g/mol. The Balaban J connectivity index is 1.95. The number of hydrogen-bond donors (Lipinski definition) is 1. The molecule has 0 bridgehead atoms. The monoisotopic (exact) mass is 682 g/mol. The lowest BCUT2D eigenvalue weighted by Gasteiger charge is -2.35. The van der Waals surface area contributed by atoms with Crippen LogP contribution in [0.15, 0.2) is 42.0 Å². The summed E-state index contributed by atoms with van der Waals surface area (Å²) in [5, 5.41) is 2.90. The molecule has 11 heteroatoms. The fourth-order valence-corrected chi connectivity index (χ4v) is 6.49. The van der Waals surface area contributed by atoms with E-state index in [1.165, 1.54) is 16.8 Å². The Morgan fingerprint density at radius 2 is 1.71 bits per heavy atom. The van der Waals surface area contributed by atoms with Crippen LogP contribution in [-0.4, -0.2) is 109 Å². The quantitative estimate of drug-likeness (QED) is 0.305. The highest BCUT2D eigenvalue weighted by Crippen LogP contribution is 2.26. The normalized spacial score (nSPS) is 25.8. The molecule has 0 radical (unpaired) electrons. The molecule has 1 fully saturated rings. The topological polar surface area (TPSA) is 126 Å². The van der Waals surface area contributed by atoms with Crippen molar-refractivity contribution in [3.63, 3.8) is 0 Å². The molecule has 3 rings (SSSR count). The highest BCUT2D eigenvalue weighted by molar-refractivity contribution is 5.94. The largest absolute Gasteiger partial charge is 0.461 e. The van der Waals surface area contributed by atoms with E-state index >= 15 is 0 Å². The fraction of sp³-hybridized carbons (Fsp3) is 0.658. The van der Waals surface area contributed by atoms with Gasteiger partial charge in [-0.25, -0.2) is 4.79 Å². The van der Waals surface area contributed by atoms with Crippen molar-refractivity contribution in [2.24, 2.45) is 5.92 Å². The molecule has 1 unspecified atom stereocenters. The van der Waals surface area contributed by atoms with Gasteiger partial charge < -0.3 is 29.5 Å². The van der Waals surface area contributed by atoms with Gasteiger partial charge in [-0.05, 0) is 76.7 Å². The van der Waals surface area contributed by atoms with Gasteiger partial charge in [0.25, 0.3) is 0 Å². The van der Waals surface area contributed by atoms with Crippen molar-refractivity contribution in [3.8, 4) is 0 Å². The number of nitrogens with zero attached hydrogens (tertiary/aromatic N) is 3. The summed E-state index contributed by atoms with van der Waals surface area (Å²) < 4.78 is 11.5. The summed E-state index contributed by atoms with van der Waals surface area (Å²) in [6.45, 7) is 8.05. The molecule has 11 nitrogen and oxygen atoms in total. The Labute approximate surface area is 292 Å². The number of allylic oxidation sites excluding steroid dienone is 1. The van der Waals surface area contributed by atoms with Gasteiger partial charge in [-0.1, -0.05) is 55.8 Å². The van der Waals surface area contributed by atoms with Crippen LogP contribution in [0.1, 0.15) is 91.0 Å². The summed E-state index contributed by atoms with van der Waals surface area (Å²) >= 11 is 0. The molecular formula is C38H58N4O7. The predicted molar refractivity (Wildman–Crippen MR) is 188 cm³/mol. The van der Waals surface area contributed by atoms with Crippen molar-refractivity contribution in [3.05, 3.63) is 47.5 Å².